The molecule has 1 aromatic rings. The third-order valence-corrected chi connectivity index (χ3v) is 2.92. The third-order valence-electron chi connectivity index (χ3n) is 2.92. The van der Waals surface area contributed by atoms with Crippen LogP contribution in [0.4, 0.5) is 0 Å². The van der Waals surface area contributed by atoms with Crippen molar-refractivity contribution < 1.29 is 19.4 Å². The molecule has 5 nitrogen and oxygen atoms in total. The quantitative estimate of drug-likeness (QED) is 0.683. The summed E-state index contributed by atoms with van der Waals surface area (Å²) >= 11 is 0. The van der Waals surface area contributed by atoms with E-state index >= 15 is 0 Å². The van der Waals surface area contributed by atoms with Crippen LogP contribution in [0.3, 0.4) is 0 Å². The van der Waals surface area contributed by atoms with Gasteiger partial charge in [-0.25, -0.2) is 4.79 Å². The molecule has 0 saturated heterocycles. The van der Waals surface area contributed by atoms with Gasteiger partial charge >= 0.3 is 5.97 Å². The summed E-state index contributed by atoms with van der Waals surface area (Å²) in [7, 11) is 0. The molecule has 2 N–H and O–H groups in total. The first kappa shape index (κ1) is 17.2. The van der Waals surface area contributed by atoms with Crippen molar-refractivity contribution in [2.24, 2.45) is 0 Å². The Hall–Kier alpha value is -1.88. The Morgan fingerprint density at radius 1 is 1.24 bits per heavy atom. The number of hydrogen-bond donors (Lipinski definition) is 2. The van der Waals surface area contributed by atoms with E-state index in [1.807, 2.05) is 44.2 Å². The average molecular weight is 293 g/mol. The molecule has 0 bridgehead atoms. The maximum Gasteiger partial charge on any atom is 0.326 e. The summed E-state index contributed by atoms with van der Waals surface area (Å²) in [5, 5.41) is 11.7. The van der Waals surface area contributed by atoms with Gasteiger partial charge in [-0.2, -0.15) is 0 Å². The summed E-state index contributed by atoms with van der Waals surface area (Å²) in [6, 6.07) is 8.36. The van der Waals surface area contributed by atoms with Crippen LogP contribution in [-0.4, -0.2) is 35.7 Å². The van der Waals surface area contributed by atoms with Crippen molar-refractivity contribution in [2.45, 2.75) is 45.3 Å². The van der Waals surface area contributed by atoms with Crippen molar-refractivity contribution in [2.75, 3.05) is 6.61 Å². The smallest absolute Gasteiger partial charge is 0.326 e. The van der Waals surface area contributed by atoms with E-state index in [4.69, 9.17) is 4.74 Å². The van der Waals surface area contributed by atoms with Gasteiger partial charge < -0.3 is 15.2 Å². The van der Waals surface area contributed by atoms with Crippen LogP contribution in [0.15, 0.2) is 30.3 Å². The third kappa shape index (κ3) is 7.46. The van der Waals surface area contributed by atoms with E-state index in [1.54, 1.807) is 0 Å². The van der Waals surface area contributed by atoms with Gasteiger partial charge in [0.25, 0.3) is 0 Å². The van der Waals surface area contributed by atoms with Gasteiger partial charge in [-0.15, -0.1) is 0 Å². The van der Waals surface area contributed by atoms with Crippen LogP contribution in [0.1, 0.15) is 32.3 Å². The first-order valence-electron chi connectivity index (χ1n) is 7.16. The molecule has 116 valence electrons. The van der Waals surface area contributed by atoms with Crippen LogP contribution in [0.5, 0.6) is 0 Å². The normalized spacial score (nSPS) is 12.1. The standard InChI is InChI=1S/C16H23NO4/c1-12(2)21-10-6-9-15(18)17-14(16(19)20)11-13-7-4-3-5-8-13/h3-5,7-8,12,14H,6,9-11H2,1-2H3,(H,17,18)(H,19,20). The van der Waals surface area contributed by atoms with E-state index in [0.29, 0.717) is 13.0 Å². The highest BCUT2D eigenvalue weighted by molar-refractivity contribution is 5.83. The van der Waals surface area contributed by atoms with Gasteiger partial charge in [-0.1, -0.05) is 30.3 Å². The minimum Gasteiger partial charge on any atom is -0.480 e. The Labute approximate surface area is 125 Å². The molecule has 1 aromatic carbocycles. The number of amides is 1. The van der Waals surface area contributed by atoms with Gasteiger partial charge in [0, 0.05) is 19.4 Å². The van der Waals surface area contributed by atoms with E-state index in [-0.39, 0.29) is 24.9 Å². The molecule has 0 radical (unpaired) electrons. The van der Waals surface area contributed by atoms with E-state index < -0.39 is 12.0 Å². The number of rotatable bonds is 9. The number of benzene rings is 1. The fourth-order valence-corrected chi connectivity index (χ4v) is 1.87. The first-order valence-corrected chi connectivity index (χ1v) is 7.16. The fraction of sp³-hybridized carbons (Fsp3) is 0.500. The lowest BCUT2D eigenvalue weighted by molar-refractivity contribution is -0.141. The molecular formula is C16H23NO4. The van der Waals surface area contributed by atoms with Gasteiger partial charge in [-0.05, 0) is 25.8 Å². The molecule has 0 aliphatic carbocycles. The largest absolute Gasteiger partial charge is 0.480 e. The second-order valence-electron chi connectivity index (χ2n) is 5.17. The summed E-state index contributed by atoms with van der Waals surface area (Å²) in [5.41, 5.74) is 0.883. The highest BCUT2D eigenvalue weighted by atomic mass is 16.5. The zero-order valence-corrected chi connectivity index (χ0v) is 12.5. The summed E-state index contributed by atoms with van der Waals surface area (Å²) in [5.74, 6) is -1.28. The number of hydrogen-bond acceptors (Lipinski definition) is 3. The number of nitrogens with one attached hydrogen (secondary N) is 1. The van der Waals surface area contributed by atoms with Crippen molar-refractivity contribution in [1.82, 2.24) is 5.32 Å². The Morgan fingerprint density at radius 3 is 2.48 bits per heavy atom. The monoisotopic (exact) mass is 293 g/mol. The van der Waals surface area contributed by atoms with Crippen molar-refractivity contribution in [3.63, 3.8) is 0 Å². The van der Waals surface area contributed by atoms with E-state index in [2.05, 4.69) is 5.32 Å². The molecule has 1 rings (SSSR count). The Kier molecular flexibility index (Phi) is 7.46. The number of ether oxygens (including phenoxy) is 1. The second kappa shape index (κ2) is 9.13. The molecule has 0 aliphatic heterocycles. The minimum atomic E-state index is -1.02. The zero-order chi connectivity index (χ0) is 15.7. The molecule has 5 heteroatoms. The van der Waals surface area contributed by atoms with Crippen LogP contribution in [0, 0.1) is 0 Å². The molecular weight excluding hydrogens is 270 g/mol. The van der Waals surface area contributed by atoms with Crippen molar-refractivity contribution >= 4 is 11.9 Å². The summed E-state index contributed by atoms with van der Waals surface area (Å²) in [4.78, 5) is 23.0. The topological polar surface area (TPSA) is 75.6 Å². The number of aliphatic carboxylic acids is 1. The van der Waals surface area contributed by atoms with Gasteiger partial charge in [0.2, 0.25) is 5.91 Å². The fourth-order valence-electron chi connectivity index (χ4n) is 1.87. The zero-order valence-electron chi connectivity index (χ0n) is 12.5. The first-order chi connectivity index (χ1) is 9.99. The van der Waals surface area contributed by atoms with E-state index in [1.165, 1.54) is 0 Å². The van der Waals surface area contributed by atoms with Crippen LogP contribution in [0.2, 0.25) is 0 Å². The molecule has 1 atom stereocenters. The predicted octanol–water partition coefficient (Wildman–Crippen LogP) is 2.00. The molecule has 0 fully saturated rings. The molecule has 0 saturated carbocycles. The van der Waals surface area contributed by atoms with Gasteiger partial charge in [0.05, 0.1) is 6.10 Å². The highest BCUT2D eigenvalue weighted by Crippen LogP contribution is 2.04. The van der Waals surface area contributed by atoms with Gasteiger partial charge in [-0.3, -0.25) is 4.79 Å². The number of carbonyl (C=O) groups excluding carboxylic acids is 1. The average Bonchev–Trinajstić information content (AvgIpc) is 2.44. The van der Waals surface area contributed by atoms with Crippen molar-refractivity contribution in [1.29, 1.82) is 0 Å². The van der Waals surface area contributed by atoms with E-state index in [9.17, 15) is 14.7 Å². The SMILES string of the molecule is CC(C)OCCCC(=O)NC(Cc1ccccc1)C(=O)O. The summed E-state index contributed by atoms with van der Waals surface area (Å²) < 4.78 is 5.34. The lowest BCUT2D eigenvalue weighted by atomic mass is 10.1. The molecule has 0 aromatic heterocycles. The summed E-state index contributed by atoms with van der Waals surface area (Å²) in [6.07, 6.45) is 1.27. The maximum absolute atomic E-state index is 11.8. The van der Waals surface area contributed by atoms with E-state index in [0.717, 1.165) is 5.56 Å². The minimum absolute atomic E-state index is 0.137. The Bertz CT molecular complexity index is 445. The molecule has 21 heavy (non-hydrogen) atoms. The van der Waals surface area contributed by atoms with Crippen molar-refractivity contribution in [3.8, 4) is 0 Å². The molecule has 1 amide bonds. The molecule has 0 spiro atoms. The Morgan fingerprint density at radius 2 is 1.90 bits per heavy atom. The number of carboxylic acid groups (broad SMARTS) is 1. The lowest BCUT2D eigenvalue weighted by Gasteiger charge is -2.15. The van der Waals surface area contributed by atoms with Crippen molar-refractivity contribution in [3.05, 3.63) is 35.9 Å². The van der Waals surface area contributed by atoms with Gasteiger partial charge in [0.15, 0.2) is 0 Å². The number of carboxylic acids is 1. The maximum atomic E-state index is 11.8. The highest BCUT2D eigenvalue weighted by Gasteiger charge is 2.19. The van der Waals surface area contributed by atoms with Crippen LogP contribution < -0.4 is 5.32 Å². The molecule has 0 heterocycles. The van der Waals surface area contributed by atoms with Crippen LogP contribution in [0.25, 0.3) is 0 Å². The lowest BCUT2D eigenvalue weighted by Crippen LogP contribution is -2.42. The van der Waals surface area contributed by atoms with Crippen LogP contribution >= 0.6 is 0 Å². The number of carbonyl (C=O) groups is 2. The molecule has 1 unspecified atom stereocenters. The molecule has 0 aliphatic rings. The van der Waals surface area contributed by atoms with Gasteiger partial charge in [0.1, 0.15) is 6.04 Å². The predicted molar refractivity (Wildman–Crippen MR) is 80.0 cm³/mol. The Balaban J connectivity index is 2.40. The summed E-state index contributed by atoms with van der Waals surface area (Å²) in [6.45, 7) is 4.36. The second-order valence-corrected chi connectivity index (χ2v) is 5.17. The van der Waals surface area contributed by atoms with Crippen LogP contribution in [-0.2, 0) is 20.7 Å².